The Bertz CT molecular complexity index is 583. The number of nitrogens with one attached hydrogen (secondary N) is 1. The number of hydrogen-bond acceptors (Lipinski definition) is 3. The van der Waals surface area contributed by atoms with Gasteiger partial charge in [0.15, 0.2) is 0 Å². The van der Waals surface area contributed by atoms with Crippen LogP contribution in [0.5, 0.6) is 0 Å². The van der Waals surface area contributed by atoms with E-state index in [4.69, 9.17) is 4.74 Å². The number of anilines is 1. The predicted octanol–water partition coefficient (Wildman–Crippen LogP) is 2.43. The van der Waals surface area contributed by atoms with Crippen LogP contribution in [0.15, 0.2) is 24.3 Å². The van der Waals surface area contributed by atoms with Gasteiger partial charge in [-0.05, 0) is 65.6 Å². The molecule has 20 heavy (non-hydrogen) atoms. The quantitative estimate of drug-likeness (QED) is 0.631. The second-order valence-electron chi connectivity index (χ2n) is 5.92. The summed E-state index contributed by atoms with van der Waals surface area (Å²) >= 11 is 2.23. The molecule has 5 heteroatoms. The smallest absolute Gasteiger partial charge is 0.310 e. The van der Waals surface area contributed by atoms with E-state index in [0.29, 0.717) is 5.92 Å². The minimum atomic E-state index is -0.206. The largest absolute Gasteiger partial charge is 0.462 e. The lowest BCUT2D eigenvalue weighted by Gasteiger charge is -2.23. The van der Waals surface area contributed by atoms with Crippen molar-refractivity contribution in [2.24, 2.45) is 23.7 Å². The van der Waals surface area contributed by atoms with Gasteiger partial charge in [0.05, 0.1) is 11.8 Å². The van der Waals surface area contributed by atoms with Crippen LogP contribution in [-0.4, -0.2) is 18.0 Å². The third-order valence-corrected chi connectivity index (χ3v) is 5.62. The summed E-state index contributed by atoms with van der Waals surface area (Å²) < 4.78 is 6.49. The summed E-state index contributed by atoms with van der Waals surface area (Å²) in [7, 11) is 0. The van der Waals surface area contributed by atoms with Gasteiger partial charge in [0.2, 0.25) is 5.91 Å². The van der Waals surface area contributed by atoms with Crippen molar-refractivity contribution in [1.82, 2.24) is 0 Å². The molecule has 3 fully saturated rings. The van der Waals surface area contributed by atoms with Crippen LogP contribution in [0.2, 0.25) is 0 Å². The summed E-state index contributed by atoms with van der Waals surface area (Å²) in [5.74, 6) is -0.0119. The van der Waals surface area contributed by atoms with Crippen LogP contribution < -0.4 is 5.32 Å². The zero-order chi connectivity index (χ0) is 13.9. The Morgan fingerprint density at radius 1 is 1.25 bits per heavy atom. The number of carbonyl (C=O) groups excluding carboxylic acids is 2. The number of esters is 1. The first kappa shape index (κ1) is 12.6. The molecule has 5 atom stereocenters. The Hall–Kier alpha value is -1.11. The highest BCUT2D eigenvalue weighted by atomic mass is 127. The maximum atomic E-state index is 12.5. The molecule has 4 nitrogen and oxygen atoms in total. The van der Waals surface area contributed by atoms with Gasteiger partial charge in [-0.25, -0.2) is 0 Å². The molecule has 1 aliphatic heterocycles. The number of amides is 1. The molecular weight excluding hydrogens is 369 g/mol. The number of carbonyl (C=O) groups is 2. The minimum absolute atomic E-state index is 0.0268. The average Bonchev–Trinajstić information content (AvgIpc) is 3.02. The zero-order valence-electron chi connectivity index (χ0n) is 10.7. The minimum Gasteiger partial charge on any atom is -0.462 e. The summed E-state index contributed by atoms with van der Waals surface area (Å²) in [5.41, 5.74) is 0.793. The van der Waals surface area contributed by atoms with Gasteiger partial charge in [-0.3, -0.25) is 9.59 Å². The Balaban J connectivity index is 1.54. The van der Waals surface area contributed by atoms with E-state index in [9.17, 15) is 9.59 Å². The highest BCUT2D eigenvalue weighted by Crippen LogP contribution is 2.57. The van der Waals surface area contributed by atoms with Gasteiger partial charge in [0.25, 0.3) is 0 Å². The lowest BCUT2D eigenvalue weighted by Crippen LogP contribution is -2.35. The lowest BCUT2D eigenvalue weighted by molar-refractivity contribution is -0.145. The molecule has 1 saturated heterocycles. The monoisotopic (exact) mass is 383 g/mol. The van der Waals surface area contributed by atoms with Crippen LogP contribution in [0.4, 0.5) is 5.69 Å². The van der Waals surface area contributed by atoms with E-state index in [1.54, 1.807) is 0 Å². The fourth-order valence-electron chi connectivity index (χ4n) is 4.12. The molecule has 4 rings (SSSR count). The Kier molecular flexibility index (Phi) is 2.80. The summed E-state index contributed by atoms with van der Waals surface area (Å²) in [6.45, 7) is 0. The predicted molar refractivity (Wildman–Crippen MR) is 80.9 cm³/mol. The lowest BCUT2D eigenvalue weighted by atomic mass is 9.79. The van der Waals surface area contributed by atoms with Crippen LogP contribution in [0, 0.1) is 27.2 Å². The van der Waals surface area contributed by atoms with E-state index in [0.717, 1.165) is 22.1 Å². The molecule has 2 saturated carbocycles. The van der Waals surface area contributed by atoms with Crippen molar-refractivity contribution in [2.45, 2.75) is 18.9 Å². The number of hydrogen-bond donors (Lipinski definition) is 1. The highest BCUT2D eigenvalue weighted by molar-refractivity contribution is 14.1. The second kappa shape index (κ2) is 4.44. The first-order valence-electron chi connectivity index (χ1n) is 6.90. The van der Waals surface area contributed by atoms with E-state index in [-0.39, 0.29) is 35.7 Å². The van der Waals surface area contributed by atoms with Crippen molar-refractivity contribution in [3.63, 3.8) is 0 Å². The number of benzene rings is 1. The zero-order valence-corrected chi connectivity index (χ0v) is 12.9. The fourth-order valence-corrected chi connectivity index (χ4v) is 4.48. The van der Waals surface area contributed by atoms with Crippen molar-refractivity contribution in [2.75, 3.05) is 5.32 Å². The topological polar surface area (TPSA) is 55.4 Å². The number of fused-ring (bicyclic) bond motifs is 1. The fraction of sp³-hybridized carbons (Fsp3) is 0.467. The first-order valence-corrected chi connectivity index (χ1v) is 7.98. The number of ether oxygens (including phenoxy) is 1. The van der Waals surface area contributed by atoms with E-state index in [1.807, 2.05) is 24.3 Å². The molecule has 1 N–H and O–H groups in total. The van der Waals surface area contributed by atoms with Gasteiger partial charge < -0.3 is 10.1 Å². The molecule has 2 bridgehead atoms. The third kappa shape index (κ3) is 1.78. The Morgan fingerprint density at radius 3 is 2.75 bits per heavy atom. The van der Waals surface area contributed by atoms with E-state index >= 15 is 0 Å². The van der Waals surface area contributed by atoms with Crippen molar-refractivity contribution < 1.29 is 14.3 Å². The van der Waals surface area contributed by atoms with Crippen LogP contribution in [0.3, 0.4) is 0 Å². The first-order chi connectivity index (χ1) is 9.63. The van der Waals surface area contributed by atoms with Gasteiger partial charge in [-0.2, -0.15) is 0 Å². The third-order valence-electron chi connectivity index (χ3n) is 4.90. The van der Waals surface area contributed by atoms with Crippen LogP contribution in [0.1, 0.15) is 12.8 Å². The average molecular weight is 383 g/mol. The molecule has 104 valence electrons. The number of rotatable bonds is 2. The number of halogens is 1. The van der Waals surface area contributed by atoms with Gasteiger partial charge in [0, 0.05) is 15.2 Å². The maximum Gasteiger partial charge on any atom is 0.310 e. The van der Waals surface area contributed by atoms with Gasteiger partial charge in [-0.15, -0.1) is 0 Å². The van der Waals surface area contributed by atoms with E-state index < -0.39 is 0 Å². The highest BCUT2D eigenvalue weighted by Gasteiger charge is 2.63. The van der Waals surface area contributed by atoms with E-state index in [1.165, 1.54) is 0 Å². The molecule has 0 radical (unpaired) electrons. The molecule has 1 aromatic carbocycles. The molecule has 1 heterocycles. The molecule has 0 aromatic heterocycles. The molecule has 2 aliphatic carbocycles. The van der Waals surface area contributed by atoms with Gasteiger partial charge in [-0.1, -0.05) is 0 Å². The summed E-state index contributed by atoms with van der Waals surface area (Å²) in [4.78, 5) is 24.4. The maximum absolute atomic E-state index is 12.5. The van der Waals surface area contributed by atoms with Crippen molar-refractivity contribution in [1.29, 1.82) is 0 Å². The molecule has 3 aliphatic rings. The molecular formula is C15H14INO3. The Morgan fingerprint density at radius 2 is 2.00 bits per heavy atom. The standard InChI is InChI=1S/C15H14INO3/c16-8-1-3-9(4-2-8)17-14(18)12-7-5-10-11(6-7)20-15(19)13(10)12/h1-4,7,10-13H,5-6H2,(H,17,18)/t7-,10+,11-,12-,13-/m0/s1. The van der Waals surface area contributed by atoms with Crippen molar-refractivity contribution >= 4 is 40.2 Å². The van der Waals surface area contributed by atoms with Crippen molar-refractivity contribution in [3.05, 3.63) is 27.8 Å². The van der Waals surface area contributed by atoms with Gasteiger partial charge in [0.1, 0.15) is 6.10 Å². The Labute approximate surface area is 130 Å². The molecule has 1 amide bonds. The van der Waals surface area contributed by atoms with Crippen LogP contribution >= 0.6 is 22.6 Å². The summed E-state index contributed by atoms with van der Waals surface area (Å²) in [6.07, 6.45) is 1.91. The van der Waals surface area contributed by atoms with Crippen molar-refractivity contribution in [3.8, 4) is 0 Å². The molecule has 0 unspecified atom stereocenters. The molecule has 0 spiro atoms. The summed E-state index contributed by atoms with van der Waals surface area (Å²) in [6, 6.07) is 7.69. The van der Waals surface area contributed by atoms with Gasteiger partial charge >= 0.3 is 5.97 Å². The molecule has 1 aromatic rings. The van der Waals surface area contributed by atoms with Crippen LogP contribution in [-0.2, 0) is 14.3 Å². The van der Waals surface area contributed by atoms with E-state index in [2.05, 4.69) is 27.9 Å². The second-order valence-corrected chi connectivity index (χ2v) is 7.16. The summed E-state index contributed by atoms with van der Waals surface area (Å²) in [5, 5.41) is 2.95. The normalized spacial score (nSPS) is 37.0. The SMILES string of the molecule is O=C(Nc1ccc(I)cc1)[C@H]1[C@H]2C[C@H]3[C@@H]1C(=O)O[C@H]3C2. The van der Waals surface area contributed by atoms with Crippen LogP contribution in [0.25, 0.3) is 0 Å².